The minimum Gasteiger partial charge on any atom is -0.494 e. The number of carbonyl (C=O) groups excluding carboxylic acids is 3. The van der Waals surface area contributed by atoms with Gasteiger partial charge in [0, 0.05) is 17.7 Å². The van der Waals surface area contributed by atoms with Crippen molar-refractivity contribution in [2.75, 3.05) is 11.5 Å². The van der Waals surface area contributed by atoms with Crippen LogP contribution in [0.15, 0.2) is 97.1 Å². The number of anilines is 1. The topological polar surface area (TPSA) is 63.7 Å². The lowest BCUT2D eigenvalue weighted by atomic mass is 10.0. The van der Waals surface area contributed by atoms with Crippen LogP contribution in [0.2, 0.25) is 0 Å². The zero-order valence-electron chi connectivity index (χ0n) is 21.6. The van der Waals surface area contributed by atoms with Gasteiger partial charge in [-0.05, 0) is 60.7 Å². The number of hydrogen-bond donors (Lipinski definition) is 0. The van der Waals surface area contributed by atoms with Crippen molar-refractivity contribution in [1.29, 1.82) is 0 Å². The smallest absolute Gasteiger partial charge is 0.258 e. The monoisotopic (exact) mass is 507 g/mol. The van der Waals surface area contributed by atoms with E-state index in [-0.39, 0.29) is 17.6 Å². The van der Waals surface area contributed by atoms with E-state index in [0.717, 1.165) is 37.0 Å². The highest BCUT2D eigenvalue weighted by atomic mass is 16.5. The second-order valence-corrected chi connectivity index (χ2v) is 9.36. The Balaban J connectivity index is 1.04. The molecule has 0 fully saturated rings. The van der Waals surface area contributed by atoms with Crippen molar-refractivity contribution in [2.24, 2.45) is 0 Å². The van der Waals surface area contributed by atoms with Crippen LogP contribution in [0.25, 0.3) is 6.08 Å². The first-order chi connectivity index (χ1) is 18.6. The van der Waals surface area contributed by atoms with Gasteiger partial charge in [-0.25, -0.2) is 4.90 Å². The summed E-state index contributed by atoms with van der Waals surface area (Å²) in [6, 6.07) is 24.7. The van der Waals surface area contributed by atoms with Gasteiger partial charge in [-0.15, -0.1) is 0 Å². The number of amides is 2. The third-order valence-electron chi connectivity index (χ3n) is 6.50. The lowest BCUT2D eigenvalue weighted by Gasteiger charge is -2.14. The summed E-state index contributed by atoms with van der Waals surface area (Å²) in [5.74, 6) is 0.268. The van der Waals surface area contributed by atoms with Gasteiger partial charge >= 0.3 is 0 Å². The molecule has 1 heterocycles. The standard InChI is InChI=1S/C33H33NO4/c35-31(28-11-7-5-8-12-28)22-17-27-15-20-30(21-16-27)38-25-9-4-2-1-3-6-10-26-13-18-29(19-14-26)34-32(36)23-24-33(34)37/h5,7-8,11-24H,1-4,6,9-10,25H2. The van der Waals surface area contributed by atoms with Crippen LogP contribution in [-0.4, -0.2) is 24.2 Å². The third-order valence-corrected chi connectivity index (χ3v) is 6.50. The van der Waals surface area contributed by atoms with E-state index in [2.05, 4.69) is 0 Å². The van der Waals surface area contributed by atoms with E-state index < -0.39 is 0 Å². The number of nitrogens with zero attached hydrogens (tertiary/aromatic N) is 1. The summed E-state index contributed by atoms with van der Waals surface area (Å²) >= 11 is 0. The number of unbranched alkanes of at least 4 members (excludes halogenated alkanes) is 5. The quantitative estimate of drug-likeness (QED) is 0.102. The number of carbonyl (C=O) groups is 3. The summed E-state index contributed by atoms with van der Waals surface area (Å²) in [5.41, 5.74) is 3.49. The molecule has 3 aromatic carbocycles. The molecular weight excluding hydrogens is 474 g/mol. The molecule has 0 bridgehead atoms. The maximum absolute atomic E-state index is 12.2. The Kier molecular flexibility index (Phi) is 9.80. The Morgan fingerprint density at radius 2 is 1.34 bits per heavy atom. The molecule has 0 saturated carbocycles. The van der Waals surface area contributed by atoms with Crippen molar-refractivity contribution in [3.8, 4) is 5.75 Å². The van der Waals surface area contributed by atoms with E-state index in [4.69, 9.17) is 4.74 Å². The Hall–Kier alpha value is -4.25. The average Bonchev–Trinajstić information content (AvgIpc) is 3.29. The van der Waals surface area contributed by atoms with Crippen LogP contribution in [0.4, 0.5) is 5.69 Å². The van der Waals surface area contributed by atoms with Crippen molar-refractivity contribution in [3.63, 3.8) is 0 Å². The molecule has 0 aliphatic carbocycles. The molecule has 0 saturated heterocycles. The summed E-state index contributed by atoms with van der Waals surface area (Å²) in [6.45, 7) is 0.700. The summed E-state index contributed by atoms with van der Waals surface area (Å²) < 4.78 is 5.86. The fourth-order valence-corrected chi connectivity index (χ4v) is 4.34. The first-order valence-electron chi connectivity index (χ1n) is 13.3. The number of ether oxygens (including phenoxy) is 1. The molecule has 4 rings (SSSR count). The molecule has 1 aliphatic heterocycles. The first kappa shape index (κ1) is 26.8. The highest BCUT2D eigenvalue weighted by Crippen LogP contribution is 2.21. The van der Waals surface area contributed by atoms with Gasteiger partial charge in [-0.1, -0.05) is 86.4 Å². The van der Waals surface area contributed by atoms with Crippen LogP contribution in [0, 0.1) is 0 Å². The molecular formula is C33H33NO4. The summed E-state index contributed by atoms with van der Waals surface area (Å²) in [5, 5.41) is 0. The van der Waals surface area contributed by atoms with Crippen molar-refractivity contribution in [2.45, 2.75) is 44.9 Å². The molecule has 0 N–H and O–H groups in total. The molecule has 0 atom stereocenters. The minimum atomic E-state index is -0.285. The molecule has 1 aliphatic rings. The van der Waals surface area contributed by atoms with Gasteiger partial charge in [0.2, 0.25) is 0 Å². The van der Waals surface area contributed by atoms with Gasteiger partial charge in [0.1, 0.15) is 5.75 Å². The van der Waals surface area contributed by atoms with E-state index in [0.29, 0.717) is 17.9 Å². The molecule has 0 unspecified atom stereocenters. The number of ketones is 1. The molecule has 2 amide bonds. The van der Waals surface area contributed by atoms with Gasteiger partial charge in [0.15, 0.2) is 5.78 Å². The highest BCUT2D eigenvalue weighted by Gasteiger charge is 2.24. The molecule has 0 spiro atoms. The normalized spacial score (nSPS) is 13.0. The average molecular weight is 508 g/mol. The van der Waals surface area contributed by atoms with E-state index in [1.54, 1.807) is 6.08 Å². The second kappa shape index (κ2) is 13.9. The maximum atomic E-state index is 12.2. The van der Waals surface area contributed by atoms with Gasteiger partial charge in [0.25, 0.3) is 11.8 Å². The molecule has 5 heteroatoms. The zero-order valence-corrected chi connectivity index (χ0v) is 21.6. The van der Waals surface area contributed by atoms with Gasteiger partial charge < -0.3 is 4.74 Å². The predicted octanol–water partition coefficient (Wildman–Crippen LogP) is 6.97. The maximum Gasteiger partial charge on any atom is 0.258 e. The molecule has 0 radical (unpaired) electrons. The number of hydrogen-bond acceptors (Lipinski definition) is 4. The first-order valence-corrected chi connectivity index (χ1v) is 13.3. The predicted molar refractivity (Wildman–Crippen MR) is 151 cm³/mol. The Labute approximate surface area is 224 Å². The van der Waals surface area contributed by atoms with Crippen molar-refractivity contribution in [3.05, 3.63) is 114 Å². The van der Waals surface area contributed by atoms with Gasteiger partial charge in [0.05, 0.1) is 12.3 Å². The summed E-state index contributed by atoms with van der Waals surface area (Å²) in [6.07, 6.45) is 13.9. The van der Waals surface area contributed by atoms with E-state index in [9.17, 15) is 14.4 Å². The fraction of sp³-hybridized carbons (Fsp3) is 0.242. The Bertz CT molecular complexity index is 1260. The van der Waals surface area contributed by atoms with Gasteiger partial charge in [-0.2, -0.15) is 0 Å². The lowest BCUT2D eigenvalue weighted by Crippen LogP contribution is -2.29. The minimum absolute atomic E-state index is 0.00654. The molecule has 3 aromatic rings. The number of rotatable bonds is 14. The van der Waals surface area contributed by atoms with E-state index in [1.807, 2.05) is 84.9 Å². The Morgan fingerprint density at radius 3 is 2.03 bits per heavy atom. The van der Waals surface area contributed by atoms with Crippen LogP contribution in [0.3, 0.4) is 0 Å². The van der Waals surface area contributed by atoms with Crippen LogP contribution < -0.4 is 9.64 Å². The van der Waals surface area contributed by atoms with Gasteiger partial charge in [-0.3, -0.25) is 14.4 Å². The summed E-state index contributed by atoms with van der Waals surface area (Å²) in [4.78, 5) is 36.9. The van der Waals surface area contributed by atoms with Crippen molar-refractivity contribution in [1.82, 2.24) is 0 Å². The Morgan fingerprint density at radius 1 is 0.711 bits per heavy atom. The third kappa shape index (κ3) is 7.87. The summed E-state index contributed by atoms with van der Waals surface area (Å²) in [7, 11) is 0. The van der Waals surface area contributed by atoms with Crippen molar-refractivity contribution < 1.29 is 19.1 Å². The molecule has 0 aromatic heterocycles. The van der Waals surface area contributed by atoms with Crippen LogP contribution in [-0.2, 0) is 16.0 Å². The highest BCUT2D eigenvalue weighted by molar-refractivity contribution is 6.28. The van der Waals surface area contributed by atoms with E-state index >= 15 is 0 Å². The number of allylic oxidation sites excluding steroid dienone is 1. The van der Waals surface area contributed by atoms with Crippen LogP contribution in [0.1, 0.15) is 60.0 Å². The van der Waals surface area contributed by atoms with E-state index in [1.165, 1.54) is 41.9 Å². The second-order valence-electron chi connectivity index (χ2n) is 9.36. The van der Waals surface area contributed by atoms with Crippen LogP contribution in [0.5, 0.6) is 5.75 Å². The zero-order chi connectivity index (χ0) is 26.6. The molecule has 38 heavy (non-hydrogen) atoms. The number of aryl methyl sites for hydroxylation is 1. The lowest BCUT2D eigenvalue weighted by molar-refractivity contribution is -0.119. The fourth-order valence-electron chi connectivity index (χ4n) is 4.34. The molecule has 5 nitrogen and oxygen atoms in total. The van der Waals surface area contributed by atoms with Crippen molar-refractivity contribution >= 4 is 29.4 Å². The molecule has 194 valence electrons. The van der Waals surface area contributed by atoms with Crippen LogP contribution >= 0.6 is 0 Å². The largest absolute Gasteiger partial charge is 0.494 e. The SMILES string of the molecule is O=C(C=Cc1ccc(OCCCCCCCCc2ccc(N3C(=O)C=CC3=O)cc2)cc1)c1ccccc1. The number of benzene rings is 3. The number of imide groups is 1.